The molecule has 3 aromatic rings. The van der Waals surface area contributed by atoms with Gasteiger partial charge in [-0.1, -0.05) is 38.1 Å². The summed E-state index contributed by atoms with van der Waals surface area (Å²) in [6, 6.07) is 19.8. The molecule has 3 N–H and O–H groups in total. The normalized spacial score (nSPS) is 20.7. The van der Waals surface area contributed by atoms with Crippen molar-refractivity contribution in [3.05, 3.63) is 74.1 Å². The van der Waals surface area contributed by atoms with Gasteiger partial charge in [-0.15, -0.1) is 46.6 Å². The molecule has 0 amide bonds. The summed E-state index contributed by atoms with van der Waals surface area (Å²) in [4.78, 5) is 2.83. The highest BCUT2D eigenvalue weighted by Gasteiger charge is 2.37. The van der Waals surface area contributed by atoms with Crippen molar-refractivity contribution >= 4 is 58.5 Å². The lowest BCUT2D eigenvalue weighted by Crippen LogP contribution is -2.58. The van der Waals surface area contributed by atoms with Crippen LogP contribution in [0.5, 0.6) is 5.75 Å². The molecule has 2 aromatic carbocycles. The maximum atomic E-state index is 5.36. The minimum absolute atomic E-state index is 0. The molecule has 1 fully saturated rings. The fourth-order valence-corrected chi connectivity index (χ4v) is 9.58. The smallest absolute Gasteiger partial charge is 0.118 e. The van der Waals surface area contributed by atoms with E-state index in [0.29, 0.717) is 5.92 Å². The van der Waals surface area contributed by atoms with Crippen molar-refractivity contribution in [3.63, 3.8) is 0 Å². The summed E-state index contributed by atoms with van der Waals surface area (Å²) in [7, 11) is 1.62. The fourth-order valence-electron chi connectivity index (χ4n) is 4.65. The molecule has 2 atom stereocenters. The molecular formula is C27H35Cl2N3OS2. The molecule has 0 radical (unpaired) electrons. The number of para-hydroxylation sites is 1. The van der Waals surface area contributed by atoms with Crippen LogP contribution in [0.2, 0.25) is 0 Å². The van der Waals surface area contributed by atoms with E-state index in [9.17, 15) is 0 Å². The number of halogens is 2. The Morgan fingerprint density at radius 3 is 2.51 bits per heavy atom. The number of hydrogen-bond acceptors (Lipinski definition) is 5. The first-order chi connectivity index (χ1) is 16.1. The van der Waals surface area contributed by atoms with Gasteiger partial charge in [-0.05, 0) is 54.7 Å². The zero-order valence-electron chi connectivity index (χ0n) is 20.4. The van der Waals surface area contributed by atoms with Gasteiger partial charge in [0.2, 0.25) is 0 Å². The van der Waals surface area contributed by atoms with Gasteiger partial charge in [0.1, 0.15) is 5.75 Å². The van der Waals surface area contributed by atoms with Gasteiger partial charge in [-0.3, -0.25) is 0 Å². The largest absolute Gasteiger partial charge is 0.497 e. The summed E-state index contributed by atoms with van der Waals surface area (Å²) in [5.74, 6) is 1.44. The molecule has 1 aromatic heterocycles. The fraction of sp³-hybridized carbons (Fsp3) is 0.370. The molecule has 2 aliphatic rings. The van der Waals surface area contributed by atoms with E-state index < -0.39 is 0 Å². The van der Waals surface area contributed by atoms with Gasteiger partial charge in [0.25, 0.3) is 0 Å². The van der Waals surface area contributed by atoms with Crippen molar-refractivity contribution in [2.45, 2.75) is 42.4 Å². The summed E-state index contributed by atoms with van der Waals surface area (Å²) in [6.45, 7) is 7.56. The van der Waals surface area contributed by atoms with E-state index in [4.69, 9.17) is 4.74 Å². The first-order valence-electron chi connectivity index (χ1n) is 11.8. The molecule has 0 bridgehead atoms. The topological polar surface area (TPSA) is 45.3 Å². The molecule has 4 nitrogen and oxygen atoms in total. The first kappa shape index (κ1) is 28.0. The van der Waals surface area contributed by atoms with Crippen molar-refractivity contribution in [1.29, 1.82) is 0 Å². The van der Waals surface area contributed by atoms with Crippen LogP contribution in [0.1, 0.15) is 36.6 Å². The third kappa shape index (κ3) is 5.74. The van der Waals surface area contributed by atoms with Crippen LogP contribution in [0.3, 0.4) is 0 Å². The molecule has 0 spiro atoms. The van der Waals surface area contributed by atoms with Crippen molar-refractivity contribution in [2.75, 3.05) is 32.1 Å². The average Bonchev–Trinajstić information content (AvgIpc) is 3.20. The molecule has 1 unspecified atom stereocenters. The predicted molar refractivity (Wildman–Crippen MR) is 157 cm³/mol. The van der Waals surface area contributed by atoms with Gasteiger partial charge in [0.15, 0.2) is 0 Å². The van der Waals surface area contributed by atoms with E-state index in [1.807, 2.05) is 11.3 Å². The third-order valence-corrected chi connectivity index (χ3v) is 11.2. The summed E-state index contributed by atoms with van der Waals surface area (Å²) in [5, 5.41) is 12.8. The van der Waals surface area contributed by atoms with Crippen molar-refractivity contribution in [2.24, 2.45) is 0 Å². The first-order valence-corrected chi connectivity index (χ1v) is 13.8. The number of benzene rings is 2. The van der Waals surface area contributed by atoms with Crippen LogP contribution in [0, 0.1) is 3.82 Å². The van der Waals surface area contributed by atoms with Crippen molar-refractivity contribution < 1.29 is 4.74 Å². The second-order valence-electron chi connectivity index (χ2n) is 9.08. The molecule has 35 heavy (non-hydrogen) atoms. The van der Waals surface area contributed by atoms with E-state index in [0.717, 1.165) is 38.2 Å². The van der Waals surface area contributed by atoms with E-state index in [-0.39, 0.29) is 40.2 Å². The van der Waals surface area contributed by atoms with Crippen LogP contribution in [-0.4, -0.2) is 31.6 Å². The number of anilines is 1. The highest BCUT2D eigenvalue weighted by Crippen LogP contribution is 2.48. The van der Waals surface area contributed by atoms with Crippen molar-refractivity contribution in [1.82, 2.24) is 10.6 Å². The third-order valence-electron chi connectivity index (χ3n) is 6.52. The summed E-state index contributed by atoms with van der Waals surface area (Å²) >= 11 is 2.00. The standard InChI is InChI=1S/C27H33N3OS2.2ClH/c1-19(2)24-16-21-17-29-23-6-4-5-7-25(23)33(26(21)32-24)27(18-28-14-15-30-27)13-12-20-8-10-22(31-3)11-9-20;;/h4-11,16-17,19,28-30H,12-15,18H2,1-3H3;2*1H/t27-,33?;;/m0../s1. The quantitative estimate of drug-likeness (QED) is 0.329. The van der Waals surface area contributed by atoms with Crippen LogP contribution in [0.25, 0.3) is 6.20 Å². The Balaban J connectivity index is 0.00000171. The number of thiophene rings is 1. The molecular weight excluding hydrogens is 517 g/mol. The highest BCUT2D eigenvalue weighted by molar-refractivity contribution is 8.11. The minimum atomic E-state index is -0.106. The molecule has 190 valence electrons. The lowest BCUT2D eigenvalue weighted by atomic mass is 10.0. The number of methoxy groups -OCH3 is 1. The molecule has 3 heterocycles. The Bertz CT molecular complexity index is 1250. The Hall–Kier alpha value is -1.54. The number of fused-ring (bicyclic) bond motifs is 2. The summed E-state index contributed by atoms with van der Waals surface area (Å²) in [5.41, 5.74) is 2.58. The number of ether oxygens (including phenoxy) is 1. The van der Waals surface area contributed by atoms with Gasteiger partial charge >= 0.3 is 0 Å². The lowest BCUT2D eigenvalue weighted by molar-refractivity contribution is 0.362. The van der Waals surface area contributed by atoms with E-state index in [1.165, 1.54) is 30.1 Å². The van der Waals surface area contributed by atoms with Crippen LogP contribution in [-0.2, 0) is 6.42 Å². The predicted octanol–water partition coefficient (Wildman–Crippen LogP) is 5.99. The van der Waals surface area contributed by atoms with Crippen molar-refractivity contribution in [3.8, 4) is 5.75 Å². The molecule has 0 aliphatic carbocycles. The Kier molecular flexibility index (Phi) is 9.72. The van der Waals surface area contributed by atoms with Crippen LogP contribution >= 0.6 is 46.6 Å². The maximum absolute atomic E-state index is 5.36. The maximum Gasteiger partial charge on any atom is 0.118 e. The number of hydrogen-bond donors (Lipinski definition) is 3. The van der Waals surface area contributed by atoms with Gasteiger partial charge in [-0.25, -0.2) is 0 Å². The molecule has 8 heteroatoms. The average molecular weight is 553 g/mol. The van der Waals surface area contributed by atoms with E-state index >= 15 is 0 Å². The van der Waals surface area contributed by atoms with E-state index in [2.05, 4.69) is 90.6 Å². The van der Waals surface area contributed by atoms with Gasteiger partial charge in [-0.2, -0.15) is 0 Å². The Morgan fingerprint density at radius 2 is 1.83 bits per heavy atom. The monoisotopic (exact) mass is 551 g/mol. The van der Waals surface area contributed by atoms with Gasteiger partial charge in [0.05, 0.1) is 21.5 Å². The van der Waals surface area contributed by atoms with Crippen LogP contribution in [0.4, 0.5) is 5.69 Å². The number of rotatable bonds is 6. The second kappa shape index (κ2) is 12.1. The van der Waals surface area contributed by atoms with Crippen LogP contribution < -0.4 is 25.9 Å². The molecule has 0 saturated carbocycles. The summed E-state index contributed by atoms with van der Waals surface area (Å²) < 4.78 is 6.86. The lowest BCUT2D eigenvalue weighted by Gasteiger charge is -2.42. The number of piperazine rings is 1. The number of aryl methyl sites for hydroxylation is 1. The zero-order valence-corrected chi connectivity index (χ0v) is 23.7. The number of nitrogens with one attached hydrogen (secondary N) is 3. The molecule has 1 saturated heterocycles. The summed E-state index contributed by atoms with van der Waals surface area (Å²) in [6.07, 6.45) is 4.31. The zero-order chi connectivity index (χ0) is 22.8. The Labute approximate surface area is 227 Å². The van der Waals surface area contributed by atoms with E-state index in [1.54, 1.807) is 7.11 Å². The SMILES string of the molecule is COc1ccc(CC[C@]2(S3=c4sc(C(C)C)cc4=CNc4ccccc43)CNCCN2)cc1.Cl.Cl. The molecule has 2 aliphatic heterocycles. The molecule has 5 rings (SSSR count). The van der Waals surface area contributed by atoms with Gasteiger partial charge < -0.3 is 20.7 Å². The minimum Gasteiger partial charge on any atom is -0.497 e. The Morgan fingerprint density at radius 1 is 1.06 bits per heavy atom. The van der Waals surface area contributed by atoms with Crippen LogP contribution in [0.15, 0.2) is 59.5 Å². The second-order valence-corrected chi connectivity index (χ2v) is 12.7. The highest BCUT2D eigenvalue weighted by atomic mass is 35.5. The van der Waals surface area contributed by atoms with Gasteiger partial charge in [0, 0.05) is 40.8 Å².